The maximum absolute atomic E-state index is 13.3. The Balaban J connectivity index is 2.74. The van der Waals surface area contributed by atoms with Crippen molar-refractivity contribution in [1.29, 1.82) is 0 Å². The molecule has 4 nitrogen and oxygen atoms in total. The average Bonchev–Trinajstić information content (AvgIpc) is 2.41. The van der Waals surface area contributed by atoms with E-state index in [1.165, 1.54) is 18.2 Å². The molecule has 0 aliphatic heterocycles. The van der Waals surface area contributed by atoms with E-state index in [2.05, 4.69) is 4.98 Å². The lowest BCUT2D eigenvalue weighted by Crippen LogP contribution is -2.16. The highest BCUT2D eigenvalue weighted by molar-refractivity contribution is 7.71. The van der Waals surface area contributed by atoms with Crippen LogP contribution in [0, 0.1) is 10.6 Å². The Labute approximate surface area is 120 Å². The van der Waals surface area contributed by atoms with Crippen molar-refractivity contribution in [1.82, 2.24) is 9.55 Å². The number of aromatic amines is 1. The summed E-state index contributed by atoms with van der Waals surface area (Å²) in [5.41, 5.74) is 1.81. The molecule has 1 aromatic carbocycles. The third-order valence-electron chi connectivity index (χ3n) is 3.08. The maximum Gasteiger partial charge on any atom is 0.252 e. The highest BCUT2D eigenvalue weighted by atomic mass is 32.1. The average molecular weight is 294 g/mol. The number of halogens is 1. The molecular formula is C14H15FN2O2S. The molecule has 1 heterocycles. The number of hydrogen-bond donors (Lipinski definition) is 2. The topological polar surface area (TPSA) is 58.0 Å². The number of benzene rings is 1. The van der Waals surface area contributed by atoms with Gasteiger partial charge in [0.15, 0.2) is 4.77 Å². The Kier molecular flexibility index (Phi) is 4.46. The zero-order valence-corrected chi connectivity index (χ0v) is 11.8. The fourth-order valence-electron chi connectivity index (χ4n) is 2.17. The van der Waals surface area contributed by atoms with E-state index in [1.54, 1.807) is 10.6 Å². The minimum absolute atomic E-state index is 0.101. The van der Waals surface area contributed by atoms with Gasteiger partial charge >= 0.3 is 0 Å². The van der Waals surface area contributed by atoms with E-state index in [1.807, 2.05) is 6.92 Å². The SMILES string of the molecule is CCc1cc(F)ccc1-c1cc(=O)[nH]c(=S)n1CCO. The van der Waals surface area contributed by atoms with Gasteiger partial charge in [-0.15, -0.1) is 0 Å². The molecule has 6 heteroatoms. The summed E-state index contributed by atoms with van der Waals surface area (Å²) >= 11 is 5.12. The van der Waals surface area contributed by atoms with Gasteiger partial charge in [0.05, 0.1) is 12.3 Å². The second kappa shape index (κ2) is 6.11. The van der Waals surface area contributed by atoms with Crippen molar-refractivity contribution in [3.05, 3.63) is 50.8 Å². The highest BCUT2D eigenvalue weighted by Gasteiger charge is 2.11. The molecule has 1 aromatic heterocycles. The lowest BCUT2D eigenvalue weighted by atomic mass is 10.0. The molecule has 2 rings (SSSR count). The van der Waals surface area contributed by atoms with Crippen LogP contribution >= 0.6 is 12.2 Å². The van der Waals surface area contributed by atoms with Crippen LogP contribution in [0.1, 0.15) is 12.5 Å². The normalized spacial score (nSPS) is 10.8. The van der Waals surface area contributed by atoms with Gasteiger partial charge in [-0.2, -0.15) is 0 Å². The third kappa shape index (κ3) is 2.86. The molecule has 0 aliphatic carbocycles. The van der Waals surface area contributed by atoms with Gasteiger partial charge in [0.25, 0.3) is 5.56 Å². The van der Waals surface area contributed by atoms with Crippen molar-refractivity contribution < 1.29 is 9.50 Å². The zero-order chi connectivity index (χ0) is 14.7. The largest absolute Gasteiger partial charge is 0.395 e. The number of nitrogens with zero attached hydrogens (tertiary/aromatic N) is 1. The van der Waals surface area contributed by atoms with Crippen molar-refractivity contribution >= 4 is 12.2 Å². The molecular weight excluding hydrogens is 279 g/mol. The van der Waals surface area contributed by atoms with Crippen LogP contribution in [-0.2, 0) is 13.0 Å². The van der Waals surface area contributed by atoms with Crippen LogP contribution in [0.2, 0.25) is 0 Å². The number of hydrogen-bond acceptors (Lipinski definition) is 3. The van der Waals surface area contributed by atoms with Gasteiger partial charge in [-0.05, 0) is 42.4 Å². The number of aliphatic hydroxyl groups excluding tert-OH is 1. The number of aliphatic hydroxyl groups is 1. The molecule has 106 valence electrons. The second-order valence-electron chi connectivity index (χ2n) is 4.35. The summed E-state index contributed by atoms with van der Waals surface area (Å²) in [5.74, 6) is -0.317. The Bertz CT molecular complexity index is 737. The van der Waals surface area contributed by atoms with Crippen LogP contribution in [0.5, 0.6) is 0 Å². The summed E-state index contributed by atoms with van der Waals surface area (Å²) in [6.45, 7) is 2.08. The molecule has 0 spiro atoms. The van der Waals surface area contributed by atoms with Gasteiger partial charge in [0.1, 0.15) is 5.82 Å². The molecule has 0 aliphatic rings. The number of aryl methyl sites for hydroxylation is 1. The van der Waals surface area contributed by atoms with Gasteiger partial charge in [0, 0.05) is 18.2 Å². The molecule has 0 bridgehead atoms. The fraction of sp³-hybridized carbons (Fsp3) is 0.286. The van der Waals surface area contributed by atoms with Crippen LogP contribution < -0.4 is 5.56 Å². The lowest BCUT2D eigenvalue weighted by molar-refractivity contribution is 0.275. The van der Waals surface area contributed by atoms with Gasteiger partial charge < -0.3 is 9.67 Å². The van der Waals surface area contributed by atoms with E-state index in [0.717, 1.165) is 11.1 Å². The van der Waals surface area contributed by atoms with E-state index in [-0.39, 0.29) is 29.3 Å². The van der Waals surface area contributed by atoms with Gasteiger partial charge in [-0.1, -0.05) is 6.92 Å². The summed E-state index contributed by atoms with van der Waals surface area (Å²) < 4.78 is 15.2. The highest BCUT2D eigenvalue weighted by Crippen LogP contribution is 2.24. The van der Waals surface area contributed by atoms with Crippen molar-refractivity contribution in [3.8, 4) is 11.3 Å². The minimum Gasteiger partial charge on any atom is -0.395 e. The molecule has 0 amide bonds. The maximum atomic E-state index is 13.3. The van der Waals surface area contributed by atoms with E-state index in [9.17, 15) is 9.18 Å². The fourth-order valence-corrected chi connectivity index (χ4v) is 2.46. The number of rotatable bonds is 4. The molecule has 0 atom stereocenters. The summed E-state index contributed by atoms with van der Waals surface area (Å²) in [6.07, 6.45) is 0.631. The first kappa shape index (κ1) is 14.6. The molecule has 0 unspecified atom stereocenters. The van der Waals surface area contributed by atoms with Crippen LogP contribution in [0.3, 0.4) is 0 Å². The molecule has 20 heavy (non-hydrogen) atoms. The lowest BCUT2D eigenvalue weighted by Gasteiger charge is -2.15. The monoisotopic (exact) mass is 294 g/mol. The predicted octanol–water partition coefficient (Wildman–Crippen LogP) is 2.27. The van der Waals surface area contributed by atoms with Crippen molar-refractivity contribution in [2.75, 3.05) is 6.61 Å². The van der Waals surface area contributed by atoms with Crippen LogP contribution in [0.4, 0.5) is 4.39 Å². The van der Waals surface area contributed by atoms with E-state index < -0.39 is 0 Å². The standard InChI is InChI=1S/C14H15FN2O2S/c1-2-9-7-10(15)3-4-11(9)12-8-13(19)16-14(20)17(12)5-6-18/h3-4,7-8,18H,2,5-6H2,1H3,(H,16,19,20). The first-order chi connectivity index (χ1) is 9.56. The first-order valence-electron chi connectivity index (χ1n) is 6.30. The van der Waals surface area contributed by atoms with E-state index in [4.69, 9.17) is 17.3 Å². The summed E-state index contributed by atoms with van der Waals surface area (Å²) in [4.78, 5) is 14.2. The Hall–Kier alpha value is -1.79. The van der Waals surface area contributed by atoms with E-state index >= 15 is 0 Å². The van der Waals surface area contributed by atoms with Crippen molar-refractivity contribution in [3.63, 3.8) is 0 Å². The Morgan fingerprint density at radius 2 is 2.15 bits per heavy atom. The third-order valence-corrected chi connectivity index (χ3v) is 3.40. The number of aromatic nitrogens is 2. The van der Waals surface area contributed by atoms with E-state index in [0.29, 0.717) is 12.1 Å². The smallest absolute Gasteiger partial charge is 0.252 e. The zero-order valence-electron chi connectivity index (χ0n) is 11.0. The predicted molar refractivity (Wildman–Crippen MR) is 77.7 cm³/mol. The first-order valence-corrected chi connectivity index (χ1v) is 6.71. The summed E-state index contributed by atoms with van der Waals surface area (Å²) in [6, 6.07) is 5.84. The van der Waals surface area contributed by atoms with Crippen LogP contribution in [0.25, 0.3) is 11.3 Å². The Morgan fingerprint density at radius 1 is 1.40 bits per heavy atom. The van der Waals surface area contributed by atoms with Gasteiger partial charge in [-0.3, -0.25) is 9.78 Å². The molecule has 0 saturated carbocycles. The molecule has 0 radical (unpaired) electrons. The quantitative estimate of drug-likeness (QED) is 0.851. The Morgan fingerprint density at radius 3 is 2.80 bits per heavy atom. The second-order valence-corrected chi connectivity index (χ2v) is 4.74. The minimum atomic E-state index is -0.317. The molecule has 2 N–H and O–H groups in total. The molecule has 0 fully saturated rings. The number of nitrogens with one attached hydrogen (secondary N) is 1. The summed E-state index contributed by atoms with van der Waals surface area (Å²) in [5, 5.41) is 9.14. The van der Waals surface area contributed by atoms with Gasteiger partial charge in [-0.25, -0.2) is 4.39 Å². The van der Waals surface area contributed by atoms with Crippen molar-refractivity contribution in [2.24, 2.45) is 0 Å². The van der Waals surface area contributed by atoms with Crippen LogP contribution in [-0.4, -0.2) is 21.3 Å². The number of H-pyrrole nitrogens is 1. The van der Waals surface area contributed by atoms with Crippen LogP contribution in [0.15, 0.2) is 29.1 Å². The van der Waals surface area contributed by atoms with Gasteiger partial charge in [0.2, 0.25) is 0 Å². The summed E-state index contributed by atoms with van der Waals surface area (Å²) in [7, 11) is 0. The molecule has 2 aromatic rings. The van der Waals surface area contributed by atoms with Crippen molar-refractivity contribution in [2.45, 2.75) is 19.9 Å². The molecule has 0 saturated heterocycles.